The van der Waals surface area contributed by atoms with Gasteiger partial charge in [0.05, 0.1) is 12.2 Å². The van der Waals surface area contributed by atoms with Gasteiger partial charge in [0.2, 0.25) is 6.79 Å². The Hall–Kier alpha value is -2.66. The molecular weight excluding hydrogens is 460 g/mol. The van der Waals surface area contributed by atoms with Crippen LogP contribution in [0.1, 0.15) is 62.9 Å². The zero-order chi connectivity index (χ0) is 25.8. The number of benzene rings is 1. The number of ether oxygens (including phenoxy) is 6. The number of hydrogen-bond donors (Lipinski definition) is 2. The number of aliphatic hydroxyl groups excluding tert-OH is 1. The van der Waals surface area contributed by atoms with E-state index in [-0.39, 0.29) is 48.6 Å². The van der Waals surface area contributed by atoms with Crippen LogP contribution in [0.15, 0.2) is 12.1 Å². The standard InChI is InChI=1S/C25H34O10/c1-14(15(2)26)9-10-17(27)23-18(34-25(3,4)35-23)8-6-7-16-21(24(28)29)19(31-12-30-5)11-20-22(16)33-13-32-20/h6-7,11,14-15,18,23,26H,8-10,12-13H2,1-5H3,(H,28,29)/t14-,15+,18+,23-/m1/s1. The van der Waals surface area contributed by atoms with Crippen LogP contribution in [0, 0.1) is 5.92 Å². The third kappa shape index (κ3) is 6.52. The fourth-order valence-electron chi connectivity index (χ4n) is 4.01. The maximum Gasteiger partial charge on any atom is 0.340 e. The van der Waals surface area contributed by atoms with Gasteiger partial charge in [0.15, 0.2) is 29.9 Å². The van der Waals surface area contributed by atoms with E-state index < -0.39 is 30.1 Å². The van der Waals surface area contributed by atoms with Gasteiger partial charge in [-0.25, -0.2) is 4.79 Å². The SMILES string of the molecule is COCOc1cc2c(c(C=CC[C@@H]3OC(C)(C)O[C@@H]3C(=O)CC[C@@H](C)[C@H](C)O)c1C(=O)O)OCO2. The summed E-state index contributed by atoms with van der Waals surface area (Å²) in [6.07, 6.45) is 2.59. The Labute approximate surface area is 204 Å². The average molecular weight is 495 g/mol. The van der Waals surface area contributed by atoms with Crippen LogP contribution < -0.4 is 14.2 Å². The molecule has 0 aromatic heterocycles. The predicted octanol–water partition coefficient (Wildman–Crippen LogP) is 3.39. The molecule has 2 N–H and O–H groups in total. The summed E-state index contributed by atoms with van der Waals surface area (Å²) in [5.41, 5.74) is 0.191. The number of carboxylic acids is 1. The average Bonchev–Trinajstić information content (AvgIpc) is 3.38. The van der Waals surface area contributed by atoms with E-state index in [0.29, 0.717) is 24.3 Å². The molecule has 0 unspecified atom stereocenters. The number of methoxy groups -OCH3 is 1. The molecule has 2 aliphatic heterocycles. The van der Waals surface area contributed by atoms with Crippen LogP contribution in [0.5, 0.6) is 17.2 Å². The maximum absolute atomic E-state index is 12.9. The van der Waals surface area contributed by atoms with Crippen LogP contribution in [-0.2, 0) is 19.0 Å². The van der Waals surface area contributed by atoms with Crippen molar-refractivity contribution in [1.82, 2.24) is 0 Å². The lowest BCUT2D eigenvalue weighted by molar-refractivity contribution is -0.155. The highest BCUT2D eigenvalue weighted by Gasteiger charge is 2.44. The normalized spacial score (nSPS) is 22.3. The quantitative estimate of drug-likeness (QED) is 0.417. The summed E-state index contributed by atoms with van der Waals surface area (Å²) >= 11 is 0. The molecule has 3 rings (SSSR count). The first kappa shape index (κ1) is 26.9. The van der Waals surface area contributed by atoms with Crippen molar-refractivity contribution in [2.24, 2.45) is 5.92 Å². The first-order valence-electron chi connectivity index (χ1n) is 11.6. The zero-order valence-corrected chi connectivity index (χ0v) is 20.7. The van der Waals surface area contributed by atoms with Gasteiger partial charge in [-0.05, 0) is 39.5 Å². The summed E-state index contributed by atoms with van der Waals surface area (Å²) in [6, 6.07) is 1.46. The Morgan fingerprint density at radius 2 is 2.00 bits per heavy atom. The molecule has 4 atom stereocenters. The van der Waals surface area contributed by atoms with Crippen molar-refractivity contribution in [1.29, 1.82) is 0 Å². The van der Waals surface area contributed by atoms with E-state index >= 15 is 0 Å². The van der Waals surface area contributed by atoms with Gasteiger partial charge in [0, 0.05) is 25.2 Å². The van der Waals surface area contributed by atoms with Crippen molar-refractivity contribution in [3.63, 3.8) is 0 Å². The Morgan fingerprint density at radius 1 is 1.26 bits per heavy atom. The molecular formula is C25H34O10. The summed E-state index contributed by atoms with van der Waals surface area (Å²) < 4.78 is 33.2. The molecule has 1 aromatic carbocycles. The fraction of sp³-hybridized carbons (Fsp3) is 0.600. The Kier molecular flexibility index (Phi) is 8.76. The summed E-state index contributed by atoms with van der Waals surface area (Å²) in [7, 11) is 1.43. The van der Waals surface area contributed by atoms with Gasteiger partial charge < -0.3 is 38.6 Å². The number of Topliss-reactive ketones (excluding diaryl/α,β-unsaturated/α-hetero) is 1. The molecule has 1 fully saturated rings. The first-order valence-corrected chi connectivity index (χ1v) is 11.6. The summed E-state index contributed by atoms with van der Waals surface area (Å²) in [4.78, 5) is 25.0. The molecule has 1 aromatic rings. The third-order valence-corrected chi connectivity index (χ3v) is 6.03. The van der Waals surface area contributed by atoms with Gasteiger partial charge in [-0.2, -0.15) is 0 Å². The summed E-state index contributed by atoms with van der Waals surface area (Å²) in [5.74, 6) is -1.50. The van der Waals surface area contributed by atoms with Crippen molar-refractivity contribution >= 4 is 17.8 Å². The van der Waals surface area contributed by atoms with Crippen LogP contribution in [0.2, 0.25) is 0 Å². The number of aliphatic hydroxyl groups is 1. The molecule has 0 spiro atoms. The highest BCUT2D eigenvalue weighted by atomic mass is 16.8. The lowest BCUT2D eigenvalue weighted by atomic mass is 9.95. The number of ketones is 1. The van der Waals surface area contributed by atoms with Gasteiger partial charge in [0.25, 0.3) is 0 Å². The van der Waals surface area contributed by atoms with E-state index in [1.54, 1.807) is 32.9 Å². The molecule has 0 aliphatic carbocycles. The number of carbonyl (C=O) groups is 2. The lowest BCUT2D eigenvalue weighted by Crippen LogP contribution is -2.32. The molecule has 1 saturated heterocycles. The van der Waals surface area contributed by atoms with Gasteiger partial charge >= 0.3 is 5.97 Å². The van der Waals surface area contributed by atoms with Crippen LogP contribution in [0.4, 0.5) is 0 Å². The molecule has 194 valence electrons. The molecule has 0 saturated carbocycles. The van der Waals surface area contributed by atoms with E-state index in [1.165, 1.54) is 13.2 Å². The molecule has 2 aliphatic rings. The van der Waals surface area contributed by atoms with Crippen molar-refractivity contribution in [2.75, 3.05) is 20.7 Å². The van der Waals surface area contributed by atoms with E-state index in [9.17, 15) is 19.8 Å². The second kappa shape index (κ2) is 11.4. The second-order valence-corrected chi connectivity index (χ2v) is 9.21. The lowest BCUT2D eigenvalue weighted by Gasteiger charge is -2.18. The largest absolute Gasteiger partial charge is 0.478 e. The molecule has 0 radical (unpaired) electrons. The molecule has 10 nitrogen and oxygen atoms in total. The smallest absolute Gasteiger partial charge is 0.340 e. The van der Waals surface area contributed by atoms with E-state index in [2.05, 4.69) is 0 Å². The Balaban J connectivity index is 1.81. The number of carboxylic acid groups (broad SMARTS) is 1. The van der Waals surface area contributed by atoms with Gasteiger partial charge in [0.1, 0.15) is 17.4 Å². The van der Waals surface area contributed by atoms with Crippen molar-refractivity contribution in [3.05, 3.63) is 23.3 Å². The number of rotatable bonds is 12. The Morgan fingerprint density at radius 3 is 2.66 bits per heavy atom. The third-order valence-electron chi connectivity index (χ3n) is 6.03. The highest BCUT2D eigenvalue weighted by molar-refractivity contribution is 5.97. The summed E-state index contributed by atoms with van der Waals surface area (Å²) in [5, 5.41) is 19.6. The number of aromatic carboxylic acids is 1. The van der Waals surface area contributed by atoms with Crippen molar-refractivity contribution < 1.29 is 48.2 Å². The molecule has 35 heavy (non-hydrogen) atoms. The van der Waals surface area contributed by atoms with Crippen LogP contribution in [0.25, 0.3) is 6.08 Å². The predicted molar refractivity (Wildman–Crippen MR) is 125 cm³/mol. The topological polar surface area (TPSA) is 130 Å². The Bertz CT molecular complexity index is 952. The molecule has 10 heteroatoms. The van der Waals surface area contributed by atoms with Crippen LogP contribution in [0.3, 0.4) is 0 Å². The highest BCUT2D eigenvalue weighted by Crippen LogP contribution is 2.43. The summed E-state index contributed by atoms with van der Waals surface area (Å²) in [6.45, 7) is 6.90. The van der Waals surface area contributed by atoms with E-state index in [0.717, 1.165) is 0 Å². The maximum atomic E-state index is 12.9. The van der Waals surface area contributed by atoms with Crippen molar-refractivity contribution in [3.8, 4) is 17.2 Å². The monoisotopic (exact) mass is 494 g/mol. The zero-order valence-electron chi connectivity index (χ0n) is 20.7. The molecule has 0 bridgehead atoms. The minimum absolute atomic E-state index is 0.0148. The molecule has 2 heterocycles. The first-order chi connectivity index (χ1) is 16.5. The number of hydrogen-bond acceptors (Lipinski definition) is 9. The minimum Gasteiger partial charge on any atom is -0.478 e. The van der Waals surface area contributed by atoms with Gasteiger partial charge in [-0.3, -0.25) is 4.79 Å². The number of carbonyl (C=O) groups excluding carboxylic acids is 1. The minimum atomic E-state index is -1.20. The van der Waals surface area contributed by atoms with Crippen molar-refractivity contribution in [2.45, 2.75) is 71.1 Å². The molecule has 0 amide bonds. The van der Waals surface area contributed by atoms with Crippen LogP contribution >= 0.6 is 0 Å². The second-order valence-electron chi connectivity index (χ2n) is 9.21. The van der Waals surface area contributed by atoms with E-state index in [1.807, 2.05) is 6.92 Å². The van der Waals surface area contributed by atoms with E-state index in [4.69, 9.17) is 28.4 Å². The van der Waals surface area contributed by atoms with Gasteiger partial charge in [-0.15, -0.1) is 0 Å². The van der Waals surface area contributed by atoms with Gasteiger partial charge in [-0.1, -0.05) is 19.1 Å². The fourth-order valence-corrected chi connectivity index (χ4v) is 4.01. The van der Waals surface area contributed by atoms with Crippen LogP contribution in [-0.4, -0.2) is 66.8 Å². The number of fused-ring (bicyclic) bond motifs is 1.